The lowest BCUT2D eigenvalue weighted by Crippen LogP contribution is -2.39. The summed E-state index contributed by atoms with van der Waals surface area (Å²) in [7, 11) is 0. The van der Waals surface area contributed by atoms with Gasteiger partial charge in [0.05, 0.1) is 25.7 Å². The van der Waals surface area contributed by atoms with Gasteiger partial charge in [-0.05, 0) is 37.5 Å². The normalized spacial score (nSPS) is 16.6. The SMILES string of the molecule is CC(=O)CCCCOc1ccc(C2CN(CCC(=O)O)CCO2)cc1.O=C(O)C(F)(F)F. The Morgan fingerprint density at radius 3 is 2.28 bits per heavy atom. The van der Waals surface area contributed by atoms with E-state index in [1.54, 1.807) is 6.92 Å². The Hall–Kier alpha value is -2.66. The number of carbonyl (C=O) groups is 3. The van der Waals surface area contributed by atoms with Gasteiger partial charge in [-0.2, -0.15) is 13.2 Å². The summed E-state index contributed by atoms with van der Waals surface area (Å²) in [5.74, 6) is -2.50. The number of ether oxygens (including phenoxy) is 2. The Morgan fingerprint density at radius 1 is 1.12 bits per heavy atom. The van der Waals surface area contributed by atoms with E-state index < -0.39 is 18.1 Å². The molecule has 2 N–H and O–H groups in total. The summed E-state index contributed by atoms with van der Waals surface area (Å²) in [6.45, 7) is 4.85. The molecule has 0 amide bonds. The van der Waals surface area contributed by atoms with Crippen molar-refractivity contribution in [2.75, 3.05) is 32.8 Å². The summed E-state index contributed by atoms with van der Waals surface area (Å²) in [6.07, 6.45) is -2.63. The van der Waals surface area contributed by atoms with Crippen molar-refractivity contribution in [3.8, 4) is 5.75 Å². The molecule has 1 saturated heterocycles. The lowest BCUT2D eigenvalue weighted by molar-refractivity contribution is -0.192. The van der Waals surface area contributed by atoms with Gasteiger partial charge < -0.3 is 24.5 Å². The van der Waals surface area contributed by atoms with Gasteiger partial charge in [0.1, 0.15) is 11.5 Å². The fraction of sp³-hybridized carbons (Fsp3) is 0.571. The molecule has 1 heterocycles. The molecule has 0 spiro atoms. The van der Waals surface area contributed by atoms with Crippen molar-refractivity contribution >= 4 is 17.7 Å². The number of morpholine rings is 1. The number of carboxylic acid groups (broad SMARTS) is 2. The highest BCUT2D eigenvalue weighted by Gasteiger charge is 2.38. The molecule has 1 aromatic carbocycles. The number of aliphatic carboxylic acids is 2. The van der Waals surface area contributed by atoms with E-state index in [4.69, 9.17) is 24.5 Å². The maximum Gasteiger partial charge on any atom is 0.490 e. The van der Waals surface area contributed by atoms with Crippen LogP contribution < -0.4 is 4.74 Å². The van der Waals surface area contributed by atoms with Crippen LogP contribution >= 0.6 is 0 Å². The van der Waals surface area contributed by atoms with Gasteiger partial charge in [0.25, 0.3) is 0 Å². The van der Waals surface area contributed by atoms with E-state index in [9.17, 15) is 22.8 Å². The molecule has 0 bridgehead atoms. The quantitative estimate of drug-likeness (QED) is 0.508. The molecule has 1 atom stereocenters. The standard InChI is InChI=1S/C19H27NO5.C2HF3O2/c1-15(21)4-2-3-12-24-17-7-5-16(6-8-17)18-14-20(11-13-25-18)10-9-19(22)23;3-2(4,5)1(6)7/h5-8,18H,2-4,9-14H2,1H3,(H,22,23);(H,6,7). The van der Waals surface area contributed by atoms with E-state index in [-0.39, 0.29) is 18.3 Å². The van der Waals surface area contributed by atoms with Crippen LogP contribution in [-0.2, 0) is 19.1 Å². The Morgan fingerprint density at radius 2 is 1.75 bits per heavy atom. The van der Waals surface area contributed by atoms with E-state index in [2.05, 4.69) is 4.90 Å². The molecular formula is C21H28F3NO7. The van der Waals surface area contributed by atoms with E-state index in [0.717, 1.165) is 30.7 Å². The molecular weight excluding hydrogens is 435 g/mol. The second-order valence-corrected chi connectivity index (χ2v) is 7.18. The highest BCUT2D eigenvalue weighted by Crippen LogP contribution is 2.24. The maximum atomic E-state index is 10.9. The van der Waals surface area contributed by atoms with Crippen molar-refractivity contribution in [2.24, 2.45) is 0 Å². The van der Waals surface area contributed by atoms with Gasteiger partial charge in [-0.3, -0.25) is 9.69 Å². The van der Waals surface area contributed by atoms with Gasteiger partial charge in [0.15, 0.2) is 0 Å². The molecule has 0 saturated carbocycles. The average Bonchev–Trinajstić information content (AvgIpc) is 2.72. The zero-order chi connectivity index (χ0) is 24.1. The lowest BCUT2D eigenvalue weighted by atomic mass is 10.1. The highest BCUT2D eigenvalue weighted by atomic mass is 19.4. The van der Waals surface area contributed by atoms with E-state index >= 15 is 0 Å². The van der Waals surface area contributed by atoms with Gasteiger partial charge >= 0.3 is 18.1 Å². The molecule has 1 aliphatic heterocycles. The molecule has 2 rings (SSSR count). The number of nitrogens with zero attached hydrogens (tertiary/aromatic N) is 1. The van der Waals surface area contributed by atoms with Gasteiger partial charge in [0, 0.05) is 26.1 Å². The number of ketones is 1. The molecule has 1 aliphatic rings. The lowest BCUT2D eigenvalue weighted by Gasteiger charge is -2.32. The second-order valence-electron chi connectivity index (χ2n) is 7.18. The highest BCUT2D eigenvalue weighted by molar-refractivity contribution is 5.75. The smallest absolute Gasteiger partial charge is 0.490 e. The molecule has 0 aromatic heterocycles. The molecule has 32 heavy (non-hydrogen) atoms. The van der Waals surface area contributed by atoms with Gasteiger partial charge in [0.2, 0.25) is 0 Å². The van der Waals surface area contributed by atoms with Crippen LogP contribution in [0.4, 0.5) is 13.2 Å². The third kappa shape index (κ3) is 11.7. The Balaban J connectivity index is 0.000000633. The predicted octanol–water partition coefficient (Wildman–Crippen LogP) is 3.31. The number of carbonyl (C=O) groups excluding carboxylic acids is 1. The molecule has 1 fully saturated rings. The zero-order valence-corrected chi connectivity index (χ0v) is 17.8. The van der Waals surface area contributed by atoms with Gasteiger partial charge in [-0.15, -0.1) is 0 Å². The summed E-state index contributed by atoms with van der Waals surface area (Å²) >= 11 is 0. The first-order chi connectivity index (χ1) is 15.0. The molecule has 8 nitrogen and oxygen atoms in total. The van der Waals surface area contributed by atoms with E-state index in [0.29, 0.717) is 32.7 Å². The number of unbranched alkanes of at least 4 members (excludes halogenated alkanes) is 1. The van der Waals surface area contributed by atoms with Crippen LogP contribution in [0.5, 0.6) is 5.75 Å². The third-order valence-corrected chi connectivity index (χ3v) is 4.48. The minimum Gasteiger partial charge on any atom is -0.494 e. The van der Waals surface area contributed by atoms with Crippen molar-refractivity contribution in [3.63, 3.8) is 0 Å². The van der Waals surface area contributed by atoms with Crippen molar-refractivity contribution in [2.45, 2.75) is 44.9 Å². The van der Waals surface area contributed by atoms with Crippen molar-refractivity contribution in [1.82, 2.24) is 4.90 Å². The third-order valence-electron chi connectivity index (χ3n) is 4.48. The minimum absolute atomic E-state index is 0.0350. The van der Waals surface area contributed by atoms with E-state index in [1.807, 2.05) is 24.3 Å². The maximum absolute atomic E-state index is 10.9. The number of halogens is 3. The van der Waals surface area contributed by atoms with E-state index in [1.165, 1.54) is 0 Å². The van der Waals surface area contributed by atoms with Crippen LogP contribution in [-0.4, -0.2) is 71.9 Å². The Bertz CT molecular complexity index is 738. The summed E-state index contributed by atoms with van der Waals surface area (Å²) in [5.41, 5.74) is 1.07. The molecule has 0 aliphatic carbocycles. The summed E-state index contributed by atoms with van der Waals surface area (Å²) in [4.78, 5) is 32.6. The number of hydrogen-bond acceptors (Lipinski definition) is 6. The van der Waals surface area contributed by atoms with Crippen molar-refractivity contribution < 1.29 is 47.2 Å². The Kier molecular flexibility index (Phi) is 11.7. The number of rotatable bonds is 10. The average molecular weight is 463 g/mol. The second kappa shape index (κ2) is 13.7. The molecule has 0 radical (unpaired) electrons. The van der Waals surface area contributed by atoms with Crippen LogP contribution in [0.15, 0.2) is 24.3 Å². The van der Waals surface area contributed by atoms with Crippen LogP contribution in [0.1, 0.15) is 44.3 Å². The van der Waals surface area contributed by atoms with Crippen molar-refractivity contribution in [1.29, 1.82) is 0 Å². The summed E-state index contributed by atoms with van der Waals surface area (Å²) in [6, 6.07) is 7.85. The number of Topliss-reactive ketones (excluding diaryl/α,β-unsaturated/α-hetero) is 1. The van der Waals surface area contributed by atoms with Crippen LogP contribution in [0, 0.1) is 0 Å². The fourth-order valence-electron chi connectivity index (χ4n) is 2.81. The number of carboxylic acids is 2. The minimum atomic E-state index is -5.08. The molecule has 1 aromatic rings. The first-order valence-electron chi connectivity index (χ1n) is 10.1. The summed E-state index contributed by atoms with van der Waals surface area (Å²) in [5, 5.41) is 15.9. The summed E-state index contributed by atoms with van der Waals surface area (Å²) < 4.78 is 43.2. The Labute approximate surface area is 183 Å². The fourth-order valence-corrected chi connectivity index (χ4v) is 2.81. The molecule has 11 heteroatoms. The van der Waals surface area contributed by atoms with Gasteiger partial charge in [-0.1, -0.05) is 12.1 Å². The largest absolute Gasteiger partial charge is 0.494 e. The topological polar surface area (TPSA) is 113 Å². The number of benzene rings is 1. The molecule has 180 valence electrons. The van der Waals surface area contributed by atoms with Crippen molar-refractivity contribution in [3.05, 3.63) is 29.8 Å². The first-order valence-corrected chi connectivity index (χ1v) is 10.1. The number of alkyl halides is 3. The molecule has 1 unspecified atom stereocenters. The van der Waals surface area contributed by atoms with Crippen LogP contribution in [0.2, 0.25) is 0 Å². The monoisotopic (exact) mass is 463 g/mol. The first kappa shape index (κ1) is 27.4. The predicted molar refractivity (Wildman–Crippen MR) is 108 cm³/mol. The van der Waals surface area contributed by atoms with Crippen LogP contribution in [0.25, 0.3) is 0 Å². The van der Waals surface area contributed by atoms with Gasteiger partial charge in [-0.25, -0.2) is 4.79 Å². The van der Waals surface area contributed by atoms with Crippen LogP contribution in [0.3, 0.4) is 0 Å². The zero-order valence-electron chi connectivity index (χ0n) is 17.8. The number of hydrogen-bond donors (Lipinski definition) is 2.